The zero-order valence-corrected chi connectivity index (χ0v) is 15.9. The number of aryl methyl sites for hydroxylation is 1. The van der Waals surface area contributed by atoms with E-state index in [1.54, 1.807) is 13.2 Å². The van der Waals surface area contributed by atoms with E-state index >= 15 is 0 Å². The Labute approximate surface area is 136 Å². The lowest BCUT2D eigenvalue weighted by molar-refractivity contribution is 0.112. The second kappa shape index (κ2) is 7.93. The number of benzene rings is 1. The summed E-state index contributed by atoms with van der Waals surface area (Å²) in [6, 6.07) is 5.69. The summed E-state index contributed by atoms with van der Waals surface area (Å²) in [5.41, 5.74) is 1.81. The van der Waals surface area contributed by atoms with Crippen molar-refractivity contribution >= 4 is 14.6 Å². The van der Waals surface area contributed by atoms with Crippen LogP contribution < -0.4 is 4.74 Å². The maximum atomic E-state index is 11.2. The number of methoxy groups -OCH3 is 1. The van der Waals surface area contributed by atoms with E-state index in [4.69, 9.17) is 9.16 Å². The van der Waals surface area contributed by atoms with Gasteiger partial charge < -0.3 is 9.16 Å². The molecule has 3 nitrogen and oxygen atoms in total. The largest absolute Gasteiger partial charge is 0.497 e. The van der Waals surface area contributed by atoms with Gasteiger partial charge in [0.25, 0.3) is 0 Å². The number of carbonyl (C=O) groups is 1. The molecule has 1 aromatic carbocycles. The highest BCUT2D eigenvalue weighted by Crippen LogP contribution is 2.36. The molecule has 0 unspecified atom stereocenters. The third-order valence-electron chi connectivity index (χ3n) is 4.59. The number of unbranched alkanes of at least 4 members (excludes halogenated alkanes) is 1. The van der Waals surface area contributed by atoms with Crippen molar-refractivity contribution < 1.29 is 14.0 Å². The molecule has 1 rings (SSSR count). The van der Waals surface area contributed by atoms with E-state index in [9.17, 15) is 4.79 Å². The average Bonchev–Trinajstić information content (AvgIpc) is 2.45. The van der Waals surface area contributed by atoms with E-state index in [1.807, 2.05) is 12.1 Å². The lowest BCUT2D eigenvalue weighted by Crippen LogP contribution is -2.40. The number of ether oxygens (including phenoxy) is 1. The monoisotopic (exact) mass is 322 g/mol. The van der Waals surface area contributed by atoms with Crippen LogP contribution in [0.2, 0.25) is 18.1 Å². The lowest BCUT2D eigenvalue weighted by Gasteiger charge is -2.36. The number of hydrogen-bond donors (Lipinski definition) is 0. The highest BCUT2D eigenvalue weighted by atomic mass is 28.4. The minimum Gasteiger partial charge on any atom is -0.497 e. The molecule has 0 fully saturated rings. The fourth-order valence-electron chi connectivity index (χ4n) is 2.00. The van der Waals surface area contributed by atoms with Crippen molar-refractivity contribution in [1.29, 1.82) is 0 Å². The topological polar surface area (TPSA) is 35.5 Å². The zero-order valence-electron chi connectivity index (χ0n) is 14.9. The summed E-state index contributed by atoms with van der Waals surface area (Å²) in [6.45, 7) is 12.1. The first-order chi connectivity index (χ1) is 10.2. The van der Waals surface area contributed by atoms with E-state index in [1.165, 1.54) is 0 Å². The fraction of sp³-hybridized carbons (Fsp3) is 0.611. The van der Waals surface area contributed by atoms with Gasteiger partial charge in [0.1, 0.15) is 12.0 Å². The molecule has 0 spiro atoms. The van der Waals surface area contributed by atoms with Crippen molar-refractivity contribution in [2.24, 2.45) is 0 Å². The van der Waals surface area contributed by atoms with E-state index in [-0.39, 0.29) is 5.04 Å². The van der Waals surface area contributed by atoms with Gasteiger partial charge in [-0.25, -0.2) is 0 Å². The van der Waals surface area contributed by atoms with Gasteiger partial charge in [0.15, 0.2) is 8.32 Å². The van der Waals surface area contributed by atoms with Crippen LogP contribution in [0.1, 0.15) is 49.5 Å². The van der Waals surface area contributed by atoms with Crippen LogP contribution in [0, 0.1) is 0 Å². The third-order valence-corrected chi connectivity index (χ3v) is 9.13. The Morgan fingerprint density at radius 3 is 2.41 bits per heavy atom. The molecule has 0 radical (unpaired) electrons. The molecule has 0 aliphatic carbocycles. The minimum atomic E-state index is -1.64. The summed E-state index contributed by atoms with van der Waals surface area (Å²) in [7, 11) is -0.0242. The van der Waals surface area contributed by atoms with Gasteiger partial charge in [0.05, 0.1) is 7.11 Å². The van der Waals surface area contributed by atoms with Gasteiger partial charge in [-0.15, -0.1) is 0 Å². The molecule has 0 aliphatic heterocycles. The highest BCUT2D eigenvalue weighted by molar-refractivity contribution is 6.74. The second-order valence-electron chi connectivity index (χ2n) is 7.25. The Hall–Kier alpha value is -1.13. The number of hydrogen-bond acceptors (Lipinski definition) is 3. The van der Waals surface area contributed by atoms with Gasteiger partial charge in [0.2, 0.25) is 0 Å². The van der Waals surface area contributed by atoms with E-state index in [0.29, 0.717) is 0 Å². The summed E-state index contributed by atoms with van der Waals surface area (Å²) >= 11 is 0. The number of rotatable bonds is 8. The highest BCUT2D eigenvalue weighted by Gasteiger charge is 2.36. The summed E-state index contributed by atoms with van der Waals surface area (Å²) in [6.07, 6.45) is 3.86. The number of carbonyl (C=O) groups excluding carboxylic acids is 1. The van der Waals surface area contributed by atoms with E-state index < -0.39 is 8.32 Å². The van der Waals surface area contributed by atoms with E-state index in [2.05, 4.69) is 33.9 Å². The van der Waals surface area contributed by atoms with Crippen LogP contribution >= 0.6 is 0 Å². The Morgan fingerprint density at radius 2 is 1.86 bits per heavy atom. The first-order valence-corrected chi connectivity index (χ1v) is 10.9. The van der Waals surface area contributed by atoms with Crippen molar-refractivity contribution in [3.8, 4) is 5.75 Å². The molecule has 124 valence electrons. The van der Waals surface area contributed by atoms with Gasteiger partial charge in [-0.1, -0.05) is 26.8 Å². The molecule has 0 amide bonds. The summed E-state index contributed by atoms with van der Waals surface area (Å²) in [5.74, 6) is 0.729. The summed E-state index contributed by atoms with van der Waals surface area (Å²) < 4.78 is 11.3. The molecule has 1 aromatic rings. The molecule has 0 bridgehead atoms. The quantitative estimate of drug-likeness (QED) is 0.390. The van der Waals surface area contributed by atoms with Crippen molar-refractivity contribution in [3.05, 3.63) is 29.3 Å². The molecular formula is C18H30O3Si. The number of aldehydes is 1. The Kier molecular flexibility index (Phi) is 6.82. The SMILES string of the molecule is COc1ccc(CCCCO[Si](C)(C)C(C)(C)C)c(C=O)c1. The molecule has 0 aliphatic rings. The Bertz CT molecular complexity index is 490. The summed E-state index contributed by atoms with van der Waals surface area (Å²) in [4.78, 5) is 11.2. The smallest absolute Gasteiger partial charge is 0.191 e. The lowest BCUT2D eigenvalue weighted by atomic mass is 10.0. The first-order valence-electron chi connectivity index (χ1n) is 7.97. The zero-order chi connectivity index (χ0) is 16.8. The predicted molar refractivity (Wildman–Crippen MR) is 94.5 cm³/mol. The molecule has 0 saturated heterocycles. The maximum Gasteiger partial charge on any atom is 0.191 e. The van der Waals surface area contributed by atoms with Gasteiger partial charge in [-0.2, -0.15) is 0 Å². The Morgan fingerprint density at radius 1 is 1.18 bits per heavy atom. The molecule has 0 atom stereocenters. The van der Waals surface area contributed by atoms with Gasteiger partial charge in [0, 0.05) is 12.2 Å². The first kappa shape index (κ1) is 18.9. The van der Waals surface area contributed by atoms with Crippen LogP contribution in [0.5, 0.6) is 5.75 Å². The van der Waals surface area contributed by atoms with Crippen molar-refractivity contribution in [1.82, 2.24) is 0 Å². The van der Waals surface area contributed by atoms with Crippen LogP contribution in [0.25, 0.3) is 0 Å². The standard InChI is InChI=1S/C18H30O3Si/c1-18(2,3)22(5,6)21-12-8-7-9-15-10-11-17(20-4)13-16(15)14-19/h10-11,13-14H,7-9,12H2,1-6H3. The normalized spacial score (nSPS) is 12.3. The van der Waals surface area contributed by atoms with Gasteiger partial charge in [-0.3, -0.25) is 4.79 Å². The second-order valence-corrected chi connectivity index (χ2v) is 12.1. The fourth-order valence-corrected chi connectivity index (χ4v) is 3.09. The van der Waals surface area contributed by atoms with Gasteiger partial charge >= 0.3 is 0 Å². The van der Waals surface area contributed by atoms with Crippen molar-refractivity contribution in [2.45, 2.75) is 58.2 Å². The predicted octanol–water partition coefficient (Wildman–Crippen LogP) is 4.85. The molecule has 0 saturated carbocycles. The average molecular weight is 323 g/mol. The van der Waals surface area contributed by atoms with Crippen LogP contribution in [0.15, 0.2) is 18.2 Å². The van der Waals surface area contributed by atoms with Crippen LogP contribution in [0.4, 0.5) is 0 Å². The molecular weight excluding hydrogens is 292 g/mol. The van der Waals surface area contributed by atoms with Crippen LogP contribution in [0.3, 0.4) is 0 Å². The Balaban J connectivity index is 2.44. The molecule has 0 aromatic heterocycles. The van der Waals surface area contributed by atoms with Gasteiger partial charge in [-0.05, 0) is 55.1 Å². The van der Waals surface area contributed by atoms with Crippen molar-refractivity contribution in [3.63, 3.8) is 0 Å². The van der Waals surface area contributed by atoms with Crippen LogP contribution in [-0.4, -0.2) is 28.3 Å². The molecule has 0 N–H and O–H groups in total. The van der Waals surface area contributed by atoms with E-state index in [0.717, 1.165) is 49.0 Å². The minimum absolute atomic E-state index is 0.258. The van der Waals surface area contributed by atoms with Crippen LogP contribution in [-0.2, 0) is 10.8 Å². The van der Waals surface area contributed by atoms with Crippen molar-refractivity contribution in [2.75, 3.05) is 13.7 Å². The summed E-state index contributed by atoms with van der Waals surface area (Å²) in [5, 5.41) is 0.258. The molecule has 22 heavy (non-hydrogen) atoms. The molecule has 4 heteroatoms. The maximum absolute atomic E-state index is 11.2. The third kappa shape index (κ3) is 5.25. The molecule has 0 heterocycles.